The standard InChI is InChI=1S/C24H29ClN8O2/c1-26-24-28-14-15-11-18(17-12-16(34-2)13-19(35-3)21(17)25)23-29-20(31-33(23)22(15)30-24)5-4-8-32-9-6-27-7-10-32/h11-14,27H,4-10H2,1-3H3,(H,26,28,30). The third-order valence-electron chi connectivity index (χ3n) is 6.25. The van der Waals surface area contributed by atoms with E-state index in [4.69, 9.17) is 31.2 Å². The van der Waals surface area contributed by atoms with Crippen LogP contribution in [0.3, 0.4) is 0 Å². The van der Waals surface area contributed by atoms with Gasteiger partial charge in [0.2, 0.25) is 5.95 Å². The van der Waals surface area contributed by atoms with Crippen molar-refractivity contribution in [2.45, 2.75) is 12.8 Å². The summed E-state index contributed by atoms with van der Waals surface area (Å²) in [5.74, 6) is 2.45. The molecule has 0 aliphatic carbocycles. The number of fused-ring (bicyclic) bond motifs is 3. The molecule has 1 aliphatic heterocycles. The molecule has 0 amide bonds. The van der Waals surface area contributed by atoms with Crippen molar-refractivity contribution in [1.82, 2.24) is 34.8 Å². The van der Waals surface area contributed by atoms with Gasteiger partial charge in [-0.05, 0) is 25.1 Å². The van der Waals surface area contributed by atoms with E-state index in [1.807, 2.05) is 12.1 Å². The zero-order valence-electron chi connectivity index (χ0n) is 20.1. The number of pyridine rings is 1. The number of ether oxygens (including phenoxy) is 2. The molecule has 0 spiro atoms. The van der Waals surface area contributed by atoms with Gasteiger partial charge in [-0.15, -0.1) is 5.10 Å². The van der Waals surface area contributed by atoms with Gasteiger partial charge in [0.25, 0.3) is 0 Å². The van der Waals surface area contributed by atoms with Crippen molar-refractivity contribution in [3.8, 4) is 22.6 Å². The summed E-state index contributed by atoms with van der Waals surface area (Å²) in [6.45, 7) is 5.26. The quantitative estimate of drug-likeness (QED) is 0.381. The minimum Gasteiger partial charge on any atom is -0.497 e. The Morgan fingerprint density at radius 1 is 1.06 bits per heavy atom. The summed E-state index contributed by atoms with van der Waals surface area (Å²) in [4.78, 5) is 16.4. The Kier molecular flexibility index (Phi) is 6.85. The zero-order valence-corrected chi connectivity index (χ0v) is 20.9. The number of piperazine rings is 1. The van der Waals surface area contributed by atoms with Crippen LogP contribution in [0.2, 0.25) is 5.02 Å². The van der Waals surface area contributed by atoms with E-state index in [0.29, 0.717) is 33.8 Å². The maximum Gasteiger partial charge on any atom is 0.224 e. The van der Waals surface area contributed by atoms with Gasteiger partial charge < -0.3 is 25.0 Å². The number of nitrogens with zero attached hydrogens (tertiary/aromatic N) is 6. The number of hydrogen-bond donors (Lipinski definition) is 2. The zero-order chi connectivity index (χ0) is 24.4. The van der Waals surface area contributed by atoms with Crippen molar-refractivity contribution < 1.29 is 9.47 Å². The number of benzene rings is 1. The highest BCUT2D eigenvalue weighted by Crippen LogP contribution is 2.41. The molecule has 0 atom stereocenters. The summed E-state index contributed by atoms with van der Waals surface area (Å²) in [5, 5.41) is 12.5. The van der Waals surface area contributed by atoms with E-state index in [-0.39, 0.29) is 0 Å². The Labute approximate surface area is 208 Å². The summed E-state index contributed by atoms with van der Waals surface area (Å²) in [7, 11) is 4.99. The summed E-state index contributed by atoms with van der Waals surface area (Å²) >= 11 is 6.76. The van der Waals surface area contributed by atoms with E-state index < -0.39 is 0 Å². The fourth-order valence-electron chi connectivity index (χ4n) is 4.41. The maximum absolute atomic E-state index is 6.76. The molecule has 1 aromatic carbocycles. The highest BCUT2D eigenvalue weighted by molar-refractivity contribution is 6.35. The molecule has 2 N–H and O–H groups in total. The molecule has 0 bridgehead atoms. The molecule has 3 aromatic heterocycles. The van der Waals surface area contributed by atoms with Gasteiger partial charge in [0, 0.05) is 68.4 Å². The van der Waals surface area contributed by atoms with E-state index in [0.717, 1.165) is 67.9 Å². The molecule has 184 valence electrons. The lowest BCUT2D eigenvalue weighted by atomic mass is 10.0. The van der Waals surface area contributed by atoms with Gasteiger partial charge in [0.1, 0.15) is 11.5 Å². The van der Waals surface area contributed by atoms with Gasteiger partial charge in [0.05, 0.1) is 19.2 Å². The average Bonchev–Trinajstić information content (AvgIpc) is 3.33. The first-order valence-corrected chi connectivity index (χ1v) is 12.1. The Morgan fingerprint density at radius 3 is 2.63 bits per heavy atom. The predicted molar refractivity (Wildman–Crippen MR) is 137 cm³/mol. The number of halogens is 1. The molecule has 0 radical (unpaired) electrons. The van der Waals surface area contributed by atoms with Crippen LogP contribution < -0.4 is 20.1 Å². The first-order chi connectivity index (χ1) is 17.1. The predicted octanol–water partition coefficient (Wildman–Crippen LogP) is 2.89. The lowest BCUT2D eigenvalue weighted by Gasteiger charge is -2.26. The first kappa shape index (κ1) is 23.5. The van der Waals surface area contributed by atoms with Gasteiger partial charge in [-0.25, -0.2) is 9.97 Å². The van der Waals surface area contributed by atoms with Gasteiger partial charge in [-0.2, -0.15) is 9.50 Å². The number of hydrogen-bond acceptors (Lipinski definition) is 9. The normalized spacial score (nSPS) is 14.5. The summed E-state index contributed by atoms with van der Waals surface area (Å²) in [5.41, 5.74) is 2.90. The lowest BCUT2D eigenvalue weighted by Crippen LogP contribution is -2.43. The van der Waals surface area contributed by atoms with Crippen LogP contribution in [-0.2, 0) is 6.42 Å². The van der Waals surface area contributed by atoms with E-state index >= 15 is 0 Å². The molecule has 1 fully saturated rings. The SMILES string of the molecule is CNc1ncc2cc(-c3cc(OC)cc(OC)c3Cl)c3nc(CCCN4CCNCC4)nn3c2n1. The molecule has 35 heavy (non-hydrogen) atoms. The average molecular weight is 497 g/mol. The molecular formula is C24H29ClN8O2. The van der Waals surface area contributed by atoms with Crippen LogP contribution in [0, 0.1) is 0 Å². The van der Waals surface area contributed by atoms with Gasteiger partial charge >= 0.3 is 0 Å². The topological polar surface area (TPSA) is 102 Å². The van der Waals surface area contributed by atoms with E-state index in [9.17, 15) is 0 Å². The second-order valence-corrected chi connectivity index (χ2v) is 8.81. The largest absolute Gasteiger partial charge is 0.497 e. The summed E-state index contributed by atoms with van der Waals surface area (Å²) < 4.78 is 12.8. The fraction of sp³-hybridized carbons (Fsp3) is 0.417. The molecule has 1 aliphatic rings. The summed E-state index contributed by atoms with van der Waals surface area (Å²) in [6, 6.07) is 5.63. The van der Waals surface area contributed by atoms with E-state index in [2.05, 4.69) is 25.5 Å². The van der Waals surface area contributed by atoms with Gasteiger partial charge in [0.15, 0.2) is 17.1 Å². The van der Waals surface area contributed by atoms with Crippen LogP contribution in [0.5, 0.6) is 11.5 Å². The number of aryl methyl sites for hydroxylation is 1. The highest BCUT2D eigenvalue weighted by atomic mass is 35.5. The van der Waals surface area contributed by atoms with E-state index in [1.165, 1.54) is 0 Å². The molecule has 4 heterocycles. The van der Waals surface area contributed by atoms with Crippen LogP contribution in [0.15, 0.2) is 24.4 Å². The van der Waals surface area contributed by atoms with Gasteiger partial charge in [-0.3, -0.25) is 0 Å². The third kappa shape index (κ3) is 4.69. The molecular weight excluding hydrogens is 468 g/mol. The number of anilines is 1. The molecule has 0 unspecified atom stereocenters. The minimum atomic E-state index is 0.477. The molecule has 4 aromatic rings. The Morgan fingerprint density at radius 2 is 1.89 bits per heavy atom. The van der Waals surface area contributed by atoms with Crippen LogP contribution in [0.1, 0.15) is 12.2 Å². The van der Waals surface area contributed by atoms with Crippen LogP contribution in [-0.4, -0.2) is 83.5 Å². The lowest BCUT2D eigenvalue weighted by molar-refractivity contribution is 0.238. The number of rotatable bonds is 8. The molecule has 11 heteroatoms. The summed E-state index contributed by atoms with van der Waals surface area (Å²) in [6.07, 6.45) is 3.52. The van der Waals surface area contributed by atoms with Crippen molar-refractivity contribution in [2.75, 3.05) is 59.3 Å². The Balaban J connectivity index is 1.60. The Bertz CT molecular complexity index is 1350. The maximum atomic E-state index is 6.76. The van der Waals surface area contributed by atoms with E-state index in [1.54, 1.807) is 38.0 Å². The molecule has 5 rings (SSSR count). The van der Waals surface area contributed by atoms with Gasteiger partial charge in [-0.1, -0.05) is 11.6 Å². The van der Waals surface area contributed by atoms with Crippen molar-refractivity contribution in [1.29, 1.82) is 0 Å². The van der Waals surface area contributed by atoms with Crippen LogP contribution in [0.25, 0.3) is 27.8 Å². The molecule has 0 saturated carbocycles. The molecule has 10 nitrogen and oxygen atoms in total. The number of aromatic nitrogens is 5. The second kappa shape index (κ2) is 10.2. The Hall–Kier alpha value is -3.21. The van der Waals surface area contributed by atoms with Crippen molar-refractivity contribution in [3.05, 3.63) is 35.2 Å². The van der Waals surface area contributed by atoms with Crippen LogP contribution in [0.4, 0.5) is 5.95 Å². The monoisotopic (exact) mass is 496 g/mol. The van der Waals surface area contributed by atoms with Crippen LogP contribution >= 0.6 is 11.6 Å². The van der Waals surface area contributed by atoms with Crippen molar-refractivity contribution in [3.63, 3.8) is 0 Å². The number of nitrogens with one attached hydrogen (secondary N) is 2. The van der Waals surface area contributed by atoms with Crippen molar-refractivity contribution in [2.24, 2.45) is 0 Å². The third-order valence-corrected chi connectivity index (χ3v) is 6.64. The smallest absolute Gasteiger partial charge is 0.224 e. The second-order valence-electron chi connectivity index (χ2n) is 8.43. The number of methoxy groups -OCH3 is 2. The fourth-order valence-corrected chi connectivity index (χ4v) is 4.69. The molecule has 1 saturated heterocycles. The first-order valence-electron chi connectivity index (χ1n) is 11.7. The minimum absolute atomic E-state index is 0.477. The van der Waals surface area contributed by atoms with Crippen molar-refractivity contribution >= 4 is 34.2 Å². The highest BCUT2D eigenvalue weighted by Gasteiger charge is 2.20.